The minimum Gasteiger partial charge on any atom is -0.330 e. The van der Waals surface area contributed by atoms with Gasteiger partial charge in [0, 0.05) is 0 Å². The fraction of sp³-hybridized carbons (Fsp3) is 0.538. The van der Waals surface area contributed by atoms with E-state index >= 15 is 0 Å². The minimum absolute atomic E-state index is 0.713. The average molecular weight is 189 g/mol. The molecule has 0 heterocycles. The van der Waals surface area contributed by atoms with E-state index in [1.165, 1.54) is 12.0 Å². The fourth-order valence-corrected chi connectivity index (χ4v) is 2.88. The van der Waals surface area contributed by atoms with Gasteiger partial charge in [-0.25, -0.2) is 0 Å². The lowest BCUT2D eigenvalue weighted by molar-refractivity contribution is 0.584. The van der Waals surface area contributed by atoms with Crippen molar-refractivity contribution in [2.24, 2.45) is 5.73 Å². The first kappa shape index (κ1) is 9.72. The molecule has 0 amide bonds. The topological polar surface area (TPSA) is 26.0 Å². The van der Waals surface area contributed by atoms with Gasteiger partial charge in [0.25, 0.3) is 0 Å². The molecule has 0 saturated carbocycles. The maximum Gasteiger partial charge on any atom is -0.00714 e. The molecule has 14 heavy (non-hydrogen) atoms. The lowest BCUT2D eigenvalue weighted by Gasteiger charge is -2.10. The lowest BCUT2D eigenvalue weighted by Crippen LogP contribution is -2.04. The van der Waals surface area contributed by atoms with Crippen molar-refractivity contribution in [3.8, 4) is 0 Å². The van der Waals surface area contributed by atoms with Crippen LogP contribution in [0.15, 0.2) is 18.2 Å². The van der Waals surface area contributed by atoms with Crippen LogP contribution < -0.4 is 5.73 Å². The Morgan fingerprint density at radius 3 is 2.93 bits per heavy atom. The summed E-state index contributed by atoms with van der Waals surface area (Å²) < 4.78 is 0. The van der Waals surface area contributed by atoms with Crippen molar-refractivity contribution in [2.45, 2.75) is 38.5 Å². The molecule has 0 saturated heterocycles. The zero-order chi connectivity index (χ0) is 10.1. The van der Waals surface area contributed by atoms with Gasteiger partial charge in [0.05, 0.1) is 0 Å². The van der Waals surface area contributed by atoms with Gasteiger partial charge < -0.3 is 5.73 Å². The molecule has 1 heteroatoms. The first-order valence-corrected chi connectivity index (χ1v) is 5.53. The van der Waals surface area contributed by atoms with E-state index in [0.29, 0.717) is 5.92 Å². The van der Waals surface area contributed by atoms with Crippen LogP contribution in [-0.2, 0) is 0 Å². The summed E-state index contributed by atoms with van der Waals surface area (Å²) in [5.41, 5.74) is 10.2. The molecule has 0 spiro atoms. The van der Waals surface area contributed by atoms with E-state index < -0.39 is 0 Å². The molecule has 1 aromatic rings. The average Bonchev–Trinajstić information content (AvgIpc) is 2.46. The predicted octanol–water partition coefficient (Wildman–Crippen LogP) is 2.93. The molecule has 2 atom stereocenters. The van der Waals surface area contributed by atoms with E-state index in [4.69, 9.17) is 5.73 Å². The number of nitrogens with two attached hydrogens (primary N) is 1. The number of hydrogen-bond acceptors (Lipinski definition) is 1. The quantitative estimate of drug-likeness (QED) is 0.760. The van der Waals surface area contributed by atoms with E-state index in [0.717, 1.165) is 18.9 Å². The highest BCUT2D eigenvalue weighted by molar-refractivity contribution is 5.43. The van der Waals surface area contributed by atoms with Crippen LogP contribution in [0.1, 0.15) is 48.3 Å². The van der Waals surface area contributed by atoms with Gasteiger partial charge in [-0.05, 0) is 54.8 Å². The first-order valence-electron chi connectivity index (χ1n) is 5.53. The largest absolute Gasteiger partial charge is 0.330 e. The van der Waals surface area contributed by atoms with Crippen molar-refractivity contribution in [3.05, 3.63) is 34.9 Å². The number of hydrogen-bond donors (Lipinski definition) is 1. The summed E-state index contributed by atoms with van der Waals surface area (Å²) in [6.45, 7) is 5.37. The van der Waals surface area contributed by atoms with Crippen LogP contribution in [0.3, 0.4) is 0 Å². The fourth-order valence-electron chi connectivity index (χ4n) is 2.88. The molecule has 1 nitrogen and oxygen atoms in total. The Morgan fingerprint density at radius 1 is 1.43 bits per heavy atom. The predicted molar refractivity (Wildman–Crippen MR) is 60.6 cm³/mol. The van der Waals surface area contributed by atoms with Gasteiger partial charge in [-0.2, -0.15) is 0 Å². The van der Waals surface area contributed by atoms with Gasteiger partial charge in [0.15, 0.2) is 0 Å². The van der Waals surface area contributed by atoms with Crippen molar-refractivity contribution >= 4 is 0 Å². The highest BCUT2D eigenvalue weighted by Crippen LogP contribution is 2.44. The van der Waals surface area contributed by atoms with Crippen molar-refractivity contribution < 1.29 is 0 Å². The Morgan fingerprint density at radius 2 is 2.21 bits per heavy atom. The highest BCUT2D eigenvalue weighted by atomic mass is 14.5. The Labute approximate surface area is 86.3 Å². The molecule has 1 aliphatic carbocycles. The summed E-state index contributed by atoms with van der Waals surface area (Å²) in [5, 5.41) is 0. The number of benzene rings is 1. The molecule has 0 bridgehead atoms. The van der Waals surface area contributed by atoms with E-state index in [-0.39, 0.29) is 0 Å². The van der Waals surface area contributed by atoms with E-state index in [1.54, 1.807) is 11.1 Å². The van der Waals surface area contributed by atoms with Crippen molar-refractivity contribution in [1.82, 2.24) is 0 Å². The zero-order valence-electron chi connectivity index (χ0n) is 9.09. The number of rotatable bonds is 2. The monoisotopic (exact) mass is 189 g/mol. The van der Waals surface area contributed by atoms with Crippen LogP contribution in [-0.4, -0.2) is 6.54 Å². The van der Waals surface area contributed by atoms with Crippen LogP contribution in [0.2, 0.25) is 0 Å². The summed E-state index contributed by atoms with van der Waals surface area (Å²) in [6, 6.07) is 6.68. The molecule has 76 valence electrons. The molecular weight excluding hydrogens is 170 g/mol. The molecule has 0 aromatic heterocycles. The van der Waals surface area contributed by atoms with Crippen LogP contribution in [0.5, 0.6) is 0 Å². The first-order chi connectivity index (χ1) is 6.74. The molecule has 0 radical (unpaired) electrons. The zero-order valence-corrected chi connectivity index (χ0v) is 9.09. The lowest BCUT2D eigenvalue weighted by atomic mass is 9.96. The Hall–Kier alpha value is -0.820. The van der Waals surface area contributed by atoms with Gasteiger partial charge >= 0.3 is 0 Å². The third-order valence-electron chi connectivity index (χ3n) is 3.44. The normalized spacial score (nSPS) is 25.1. The second kappa shape index (κ2) is 3.74. The van der Waals surface area contributed by atoms with Gasteiger partial charge in [-0.1, -0.05) is 25.1 Å². The second-order valence-corrected chi connectivity index (χ2v) is 4.49. The Balaban J connectivity index is 2.39. The molecule has 0 fully saturated rings. The van der Waals surface area contributed by atoms with Crippen molar-refractivity contribution in [2.75, 3.05) is 6.54 Å². The third kappa shape index (κ3) is 1.46. The Kier molecular flexibility index (Phi) is 2.60. The second-order valence-electron chi connectivity index (χ2n) is 4.49. The SMILES string of the molecule is Cc1cccc2c1C(C)CC2CCN. The summed E-state index contributed by atoms with van der Waals surface area (Å²) in [6.07, 6.45) is 2.43. The molecule has 2 rings (SSSR count). The van der Waals surface area contributed by atoms with Gasteiger partial charge in [0.1, 0.15) is 0 Å². The number of fused-ring (bicyclic) bond motifs is 1. The molecule has 2 unspecified atom stereocenters. The summed E-state index contributed by atoms with van der Waals surface area (Å²) in [5.74, 6) is 1.44. The third-order valence-corrected chi connectivity index (χ3v) is 3.44. The molecule has 1 aromatic carbocycles. The maximum absolute atomic E-state index is 5.65. The maximum atomic E-state index is 5.65. The van der Waals surface area contributed by atoms with Crippen LogP contribution in [0.4, 0.5) is 0 Å². The standard InChI is InChI=1S/C13H19N/c1-9-4-3-5-12-11(6-7-14)8-10(2)13(9)12/h3-5,10-11H,6-8,14H2,1-2H3. The van der Waals surface area contributed by atoms with Crippen LogP contribution in [0, 0.1) is 6.92 Å². The van der Waals surface area contributed by atoms with Gasteiger partial charge in [-0.15, -0.1) is 0 Å². The van der Waals surface area contributed by atoms with Crippen LogP contribution >= 0.6 is 0 Å². The van der Waals surface area contributed by atoms with Crippen molar-refractivity contribution in [1.29, 1.82) is 0 Å². The van der Waals surface area contributed by atoms with Crippen LogP contribution in [0.25, 0.3) is 0 Å². The Bertz CT molecular complexity index is 330. The van der Waals surface area contributed by atoms with E-state index in [2.05, 4.69) is 32.0 Å². The molecule has 2 N–H and O–H groups in total. The smallest absolute Gasteiger partial charge is 0.00714 e. The summed E-state index contributed by atoms with van der Waals surface area (Å²) >= 11 is 0. The van der Waals surface area contributed by atoms with Crippen molar-refractivity contribution in [3.63, 3.8) is 0 Å². The van der Waals surface area contributed by atoms with E-state index in [9.17, 15) is 0 Å². The van der Waals surface area contributed by atoms with E-state index in [1.807, 2.05) is 0 Å². The molecular formula is C13H19N. The minimum atomic E-state index is 0.713. The van der Waals surface area contributed by atoms with Gasteiger partial charge in [0.2, 0.25) is 0 Å². The molecule has 1 aliphatic rings. The highest BCUT2D eigenvalue weighted by Gasteiger charge is 2.28. The molecule has 0 aliphatic heterocycles. The van der Waals surface area contributed by atoms with Gasteiger partial charge in [-0.3, -0.25) is 0 Å². The summed E-state index contributed by atoms with van der Waals surface area (Å²) in [7, 11) is 0. The summed E-state index contributed by atoms with van der Waals surface area (Å²) in [4.78, 5) is 0. The number of aryl methyl sites for hydroxylation is 1.